The SMILES string of the molecule is NS(=O)(=O)C(F)(F)F.NS(=O)(=O)C(F)(F)F.c1c[nH]cn1. The van der Waals surface area contributed by atoms with Crippen molar-refractivity contribution < 1.29 is 43.2 Å². The van der Waals surface area contributed by atoms with E-state index in [1.165, 1.54) is 0 Å². The number of alkyl halides is 6. The zero-order valence-electron chi connectivity index (χ0n) is 9.55. The number of aromatic nitrogens is 2. The molecular formula is C5H8F6N4O4S2. The molecule has 126 valence electrons. The summed E-state index contributed by atoms with van der Waals surface area (Å²) in [5.74, 6) is 0. The minimum absolute atomic E-state index is 1.62. The lowest BCUT2D eigenvalue weighted by Gasteiger charge is -1.98. The quantitative estimate of drug-likeness (QED) is 0.553. The monoisotopic (exact) mass is 366 g/mol. The van der Waals surface area contributed by atoms with Crippen LogP contribution in [0.3, 0.4) is 0 Å². The smallest absolute Gasteiger partial charge is 0.351 e. The van der Waals surface area contributed by atoms with E-state index in [1.807, 2.05) is 0 Å². The van der Waals surface area contributed by atoms with Gasteiger partial charge in [0.05, 0.1) is 6.33 Å². The van der Waals surface area contributed by atoms with Gasteiger partial charge in [0.1, 0.15) is 0 Å². The van der Waals surface area contributed by atoms with E-state index in [2.05, 4.69) is 20.2 Å². The van der Waals surface area contributed by atoms with E-state index >= 15 is 0 Å². The molecule has 0 atom stereocenters. The Hall–Kier alpha value is -1.39. The number of rotatable bonds is 0. The summed E-state index contributed by atoms with van der Waals surface area (Å²) in [6.45, 7) is 0. The van der Waals surface area contributed by atoms with Gasteiger partial charge in [-0.3, -0.25) is 0 Å². The van der Waals surface area contributed by atoms with Crippen LogP contribution in [0.25, 0.3) is 0 Å². The number of nitrogens with two attached hydrogens (primary N) is 2. The van der Waals surface area contributed by atoms with E-state index in [1.54, 1.807) is 18.7 Å². The van der Waals surface area contributed by atoms with E-state index in [0.29, 0.717) is 0 Å². The fraction of sp³-hybridized carbons (Fsp3) is 0.400. The summed E-state index contributed by atoms with van der Waals surface area (Å²) in [6, 6.07) is 0. The Morgan fingerprint density at radius 1 is 0.857 bits per heavy atom. The van der Waals surface area contributed by atoms with Crippen molar-refractivity contribution in [2.75, 3.05) is 0 Å². The molecule has 21 heavy (non-hydrogen) atoms. The second-order valence-corrected chi connectivity index (χ2v) is 5.85. The predicted octanol–water partition coefficient (Wildman–Crippen LogP) is -0.000900. The first-order valence-corrected chi connectivity index (χ1v) is 7.20. The molecule has 0 bridgehead atoms. The van der Waals surface area contributed by atoms with Crippen molar-refractivity contribution in [3.05, 3.63) is 18.7 Å². The maximum absolute atomic E-state index is 10.8. The van der Waals surface area contributed by atoms with Crippen LogP contribution in [0, 0.1) is 0 Å². The molecule has 1 heterocycles. The number of nitrogens with one attached hydrogen (secondary N) is 1. The molecule has 0 unspecified atom stereocenters. The molecule has 1 aromatic heterocycles. The average Bonchev–Trinajstić information content (AvgIpc) is 2.68. The molecule has 8 nitrogen and oxygen atoms in total. The summed E-state index contributed by atoms with van der Waals surface area (Å²) < 4.78 is 102. The highest BCUT2D eigenvalue weighted by Gasteiger charge is 2.43. The summed E-state index contributed by atoms with van der Waals surface area (Å²) in [5, 5.41) is 7.32. The first-order chi connectivity index (χ1) is 9.00. The highest BCUT2D eigenvalue weighted by molar-refractivity contribution is 7.90. The number of halogens is 6. The maximum atomic E-state index is 10.8. The molecule has 1 aromatic rings. The van der Waals surface area contributed by atoms with Gasteiger partial charge in [0.15, 0.2) is 0 Å². The Morgan fingerprint density at radius 2 is 1.14 bits per heavy atom. The van der Waals surface area contributed by atoms with Crippen LogP contribution in [0.4, 0.5) is 26.3 Å². The number of imidazole rings is 1. The topological polar surface area (TPSA) is 149 Å². The van der Waals surface area contributed by atoms with Crippen LogP contribution in [0.5, 0.6) is 0 Å². The number of primary sulfonamides is 2. The van der Waals surface area contributed by atoms with Crippen molar-refractivity contribution in [2.45, 2.75) is 11.0 Å². The van der Waals surface area contributed by atoms with Crippen LogP contribution in [0.2, 0.25) is 0 Å². The van der Waals surface area contributed by atoms with Gasteiger partial charge in [0, 0.05) is 12.4 Å². The molecule has 16 heteroatoms. The normalized spacial score (nSPS) is 12.6. The van der Waals surface area contributed by atoms with Crippen LogP contribution in [0.15, 0.2) is 18.7 Å². The highest BCUT2D eigenvalue weighted by Crippen LogP contribution is 2.19. The molecule has 0 aliphatic heterocycles. The molecule has 1 rings (SSSR count). The Balaban J connectivity index is 0. The predicted molar refractivity (Wildman–Crippen MR) is 56.9 cm³/mol. The number of sulfonamides is 2. The molecular weight excluding hydrogens is 358 g/mol. The molecule has 0 saturated carbocycles. The minimum Gasteiger partial charge on any atom is -0.351 e. The van der Waals surface area contributed by atoms with Crippen molar-refractivity contribution in [3.8, 4) is 0 Å². The van der Waals surface area contributed by atoms with Gasteiger partial charge in [-0.05, 0) is 0 Å². The zero-order chi connectivity index (χ0) is 17.5. The van der Waals surface area contributed by atoms with Crippen molar-refractivity contribution >= 4 is 20.0 Å². The summed E-state index contributed by atoms with van der Waals surface area (Å²) in [4.78, 5) is 6.42. The van der Waals surface area contributed by atoms with Gasteiger partial charge in [-0.1, -0.05) is 0 Å². The van der Waals surface area contributed by atoms with E-state index in [4.69, 9.17) is 0 Å². The summed E-state index contributed by atoms with van der Waals surface area (Å²) >= 11 is 0. The van der Waals surface area contributed by atoms with Crippen molar-refractivity contribution in [3.63, 3.8) is 0 Å². The highest BCUT2D eigenvalue weighted by atomic mass is 32.2. The summed E-state index contributed by atoms with van der Waals surface area (Å²) in [5.41, 5.74) is -10.6. The number of H-pyrrole nitrogens is 1. The lowest BCUT2D eigenvalue weighted by atomic mass is 11.0. The largest absolute Gasteiger partial charge is 0.511 e. The van der Waals surface area contributed by atoms with Gasteiger partial charge in [0.25, 0.3) is 0 Å². The molecule has 0 aromatic carbocycles. The second-order valence-electron chi connectivity index (χ2n) is 2.74. The van der Waals surface area contributed by atoms with Crippen LogP contribution >= 0.6 is 0 Å². The Kier molecular flexibility index (Phi) is 7.90. The Bertz CT molecular complexity index is 531. The summed E-state index contributed by atoms with van der Waals surface area (Å²) in [6.07, 6.45) is 5.08. The maximum Gasteiger partial charge on any atom is 0.511 e. The van der Waals surface area contributed by atoms with Gasteiger partial charge in [0.2, 0.25) is 0 Å². The fourth-order valence-electron chi connectivity index (χ4n) is 0.215. The molecule has 0 radical (unpaired) electrons. The van der Waals surface area contributed by atoms with E-state index < -0.39 is 31.1 Å². The number of aromatic amines is 1. The van der Waals surface area contributed by atoms with Crippen molar-refractivity contribution in [2.24, 2.45) is 10.3 Å². The second kappa shape index (κ2) is 7.57. The first-order valence-electron chi connectivity index (χ1n) is 4.11. The third-order valence-corrected chi connectivity index (χ3v) is 2.34. The van der Waals surface area contributed by atoms with Crippen LogP contribution in [-0.4, -0.2) is 37.8 Å². The van der Waals surface area contributed by atoms with Crippen molar-refractivity contribution in [1.29, 1.82) is 0 Å². The van der Waals surface area contributed by atoms with Gasteiger partial charge in [-0.2, -0.15) is 26.3 Å². The van der Waals surface area contributed by atoms with Crippen molar-refractivity contribution in [1.82, 2.24) is 9.97 Å². The lowest BCUT2D eigenvalue weighted by Crippen LogP contribution is -2.30. The standard InChI is InChI=1S/C3H4N2.2CH2F3NO2S/c1-2-5-3-4-1;2*2-1(3,4)8(5,6)7/h1-3H,(H,4,5);2*(H2,5,6,7). The van der Waals surface area contributed by atoms with Crippen LogP contribution in [-0.2, 0) is 20.0 Å². The zero-order valence-corrected chi connectivity index (χ0v) is 11.2. The molecule has 0 aliphatic carbocycles. The Labute approximate surface area is 114 Å². The van der Waals surface area contributed by atoms with E-state index in [9.17, 15) is 43.2 Å². The number of nitrogens with zero attached hydrogens (tertiary/aromatic N) is 1. The molecule has 0 aliphatic rings. The molecule has 5 N–H and O–H groups in total. The number of hydrogen-bond acceptors (Lipinski definition) is 5. The molecule has 0 saturated heterocycles. The van der Waals surface area contributed by atoms with Gasteiger partial charge < -0.3 is 4.98 Å². The molecule has 0 amide bonds. The minimum atomic E-state index is -5.34. The fourth-order valence-corrected chi connectivity index (χ4v) is 0.215. The summed E-state index contributed by atoms with van der Waals surface area (Å²) in [7, 11) is -10.7. The number of hydrogen-bond donors (Lipinski definition) is 3. The molecule has 0 spiro atoms. The third kappa shape index (κ3) is 11.0. The Morgan fingerprint density at radius 3 is 1.19 bits per heavy atom. The van der Waals surface area contributed by atoms with Gasteiger partial charge >= 0.3 is 31.1 Å². The lowest BCUT2D eigenvalue weighted by molar-refractivity contribution is -0.0441. The van der Waals surface area contributed by atoms with Gasteiger partial charge in [-0.15, -0.1) is 0 Å². The van der Waals surface area contributed by atoms with Crippen LogP contribution < -0.4 is 10.3 Å². The molecule has 0 fully saturated rings. The third-order valence-electron chi connectivity index (χ3n) is 1.05. The average molecular weight is 366 g/mol. The van der Waals surface area contributed by atoms with Gasteiger partial charge in [-0.25, -0.2) is 32.1 Å². The van der Waals surface area contributed by atoms with E-state index in [-0.39, 0.29) is 0 Å². The first kappa shape index (κ1) is 21.9. The van der Waals surface area contributed by atoms with E-state index in [0.717, 1.165) is 0 Å². The van der Waals surface area contributed by atoms with Crippen LogP contribution in [0.1, 0.15) is 0 Å².